The van der Waals surface area contributed by atoms with E-state index in [1.807, 2.05) is 12.1 Å². The first-order valence-corrected chi connectivity index (χ1v) is 7.62. The molecule has 0 unspecified atom stereocenters. The van der Waals surface area contributed by atoms with E-state index in [0.717, 1.165) is 11.1 Å². The van der Waals surface area contributed by atoms with Gasteiger partial charge in [-0.1, -0.05) is 23.7 Å². The van der Waals surface area contributed by atoms with E-state index < -0.39 is 0 Å². The van der Waals surface area contributed by atoms with Crippen molar-refractivity contribution in [3.8, 4) is 17.0 Å². The molecular weight excluding hydrogens is 326 g/mol. The zero-order chi connectivity index (χ0) is 16.9. The number of nitrogens with zero attached hydrogens (tertiary/aromatic N) is 3. The quantitative estimate of drug-likeness (QED) is 0.664. The van der Waals surface area contributed by atoms with Gasteiger partial charge in [0.15, 0.2) is 5.78 Å². The number of hydrogen-bond donors (Lipinski definition) is 0. The van der Waals surface area contributed by atoms with E-state index in [-0.39, 0.29) is 12.2 Å². The van der Waals surface area contributed by atoms with Gasteiger partial charge >= 0.3 is 0 Å². The van der Waals surface area contributed by atoms with E-state index >= 15 is 0 Å². The zero-order valence-corrected chi connectivity index (χ0v) is 13.7. The summed E-state index contributed by atoms with van der Waals surface area (Å²) in [5.74, 6) is 0.498. The smallest absolute Gasteiger partial charge is 0.185 e. The first kappa shape index (κ1) is 16.1. The molecule has 0 aliphatic carbocycles. The number of halogens is 1. The van der Waals surface area contributed by atoms with Gasteiger partial charge in [0.1, 0.15) is 17.8 Å². The van der Waals surface area contributed by atoms with Gasteiger partial charge in [-0.15, -0.1) is 0 Å². The van der Waals surface area contributed by atoms with Crippen LogP contribution in [-0.4, -0.2) is 27.8 Å². The number of hydrogen-bond acceptors (Lipinski definition) is 5. The molecular formula is C18H14ClN3O2. The first-order chi connectivity index (χ1) is 11.7. The van der Waals surface area contributed by atoms with Crippen molar-refractivity contribution in [1.29, 1.82) is 0 Å². The number of carbonyl (C=O) groups excluding carboxylic acids is 1. The highest BCUT2D eigenvalue weighted by Crippen LogP contribution is 2.21. The Bertz CT molecular complexity index is 883. The third-order valence-electron chi connectivity index (χ3n) is 3.44. The highest BCUT2D eigenvalue weighted by Gasteiger charge is 2.12. The molecule has 0 N–H and O–H groups in total. The molecule has 0 bridgehead atoms. The molecule has 3 aromatic rings. The topological polar surface area (TPSA) is 65.0 Å². The Balaban J connectivity index is 1.84. The number of carbonyl (C=O) groups is 1. The van der Waals surface area contributed by atoms with Crippen LogP contribution in [0.3, 0.4) is 0 Å². The van der Waals surface area contributed by atoms with E-state index in [1.165, 1.54) is 6.33 Å². The van der Waals surface area contributed by atoms with Crippen molar-refractivity contribution < 1.29 is 9.53 Å². The minimum absolute atomic E-state index is 0.115. The van der Waals surface area contributed by atoms with Crippen molar-refractivity contribution in [2.75, 3.05) is 7.11 Å². The van der Waals surface area contributed by atoms with Gasteiger partial charge in [-0.3, -0.25) is 9.78 Å². The monoisotopic (exact) mass is 339 g/mol. The van der Waals surface area contributed by atoms with Gasteiger partial charge in [-0.25, -0.2) is 9.97 Å². The summed E-state index contributed by atoms with van der Waals surface area (Å²) < 4.78 is 5.12. The summed E-state index contributed by atoms with van der Waals surface area (Å²) in [4.78, 5) is 24.8. The molecule has 0 amide bonds. The lowest BCUT2D eigenvalue weighted by atomic mass is 10.1. The lowest BCUT2D eigenvalue weighted by Crippen LogP contribution is -2.07. The number of methoxy groups -OCH3 is 1. The van der Waals surface area contributed by atoms with Crippen molar-refractivity contribution in [1.82, 2.24) is 15.0 Å². The van der Waals surface area contributed by atoms with Gasteiger partial charge in [0.25, 0.3) is 0 Å². The number of rotatable bonds is 5. The van der Waals surface area contributed by atoms with E-state index in [2.05, 4.69) is 15.0 Å². The lowest BCUT2D eigenvalue weighted by molar-refractivity contribution is 0.0988. The maximum atomic E-state index is 12.5. The molecule has 120 valence electrons. The van der Waals surface area contributed by atoms with Crippen LogP contribution < -0.4 is 4.74 Å². The predicted molar refractivity (Wildman–Crippen MR) is 91.3 cm³/mol. The van der Waals surface area contributed by atoms with Gasteiger partial charge in [0.05, 0.1) is 19.0 Å². The highest BCUT2D eigenvalue weighted by atomic mass is 35.5. The van der Waals surface area contributed by atoms with Crippen LogP contribution >= 0.6 is 11.6 Å². The Morgan fingerprint density at radius 3 is 2.83 bits per heavy atom. The fraction of sp³-hybridized carbons (Fsp3) is 0.111. The van der Waals surface area contributed by atoms with Crippen LogP contribution in [0.25, 0.3) is 11.3 Å². The van der Waals surface area contributed by atoms with Crippen LogP contribution in [0.4, 0.5) is 0 Å². The van der Waals surface area contributed by atoms with Gasteiger partial charge in [0.2, 0.25) is 0 Å². The molecule has 3 rings (SSSR count). The van der Waals surface area contributed by atoms with Gasteiger partial charge < -0.3 is 4.74 Å². The standard InChI is InChI=1S/C18H14ClN3O2/c1-24-15-5-12(9-20-10-15)6-18(23)17-8-16(21-11-22-17)13-3-2-4-14(19)7-13/h2-5,7-11H,6H2,1H3. The molecule has 0 saturated carbocycles. The number of aromatic nitrogens is 3. The Labute approximate surface area is 144 Å². The van der Waals surface area contributed by atoms with Crippen LogP contribution in [0.2, 0.25) is 5.02 Å². The second-order valence-electron chi connectivity index (χ2n) is 5.13. The van der Waals surface area contributed by atoms with Crippen molar-refractivity contribution in [2.24, 2.45) is 0 Å². The minimum Gasteiger partial charge on any atom is -0.495 e. The molecule has 1 aromatic carbocycles. The Morgan fingerprint density at radius 2 is 2.04 bits per heavy atom. The normalized spacial score (nSPS) is 10.4. The van der Waals surface area contributed by atoms with E-state index in [9.17, 15) is 4.79 Å². The Morgan fingerprint density at radius 1 is 1.17 bits per heavy atom. The predicted octanol–water partition coefficient (Wildman–Crippen LogP) is 3.63. The second-order valence-corrected chi connectivity index (χ2v) is 5.57. The van der Waals surface area contributed by atoms with Crippen LogP contribution in [-0.2, 0) is 6.42 Å². The van der Waals surface area contributed by atoms with Crippen LogP contribution in [0.1, 0.15) is 16.1 Å². The van der Waals surface area contributed by atoms with Gasteiger partial charge in [-0.2, -0.15) is 0 Å². The zero-order valence-electron chi connectivity index (χ0n) is 12.9. The SMILES string of the molecule is COc1cncc(CC(=O)c2cc(-c3cccc(Cl)c3)ncn2)c1. The molecule has 6 heteroatoms. The summed E-state index contributed by atoms with van der Waals surface area (Å²) in [6.45, 7) is 0. The third kappa shape index (κ3) is 3.75. The van der Waals surface area contributed by atoms with E-state index in [1.54, 1.807) is 43.8 Å². The summed E-state index contributed by atoms with van der Waals surface area (Å²) in [5.41, 5.74) is 2.60. The molecule has 24 heavy (non-hydrogen) atoms. The number of Topliss-reactive ketones (excluding diaryl/α,β-unsaturated/α-hetero) is 1. The molecule has 2 aromatic heterocycles. The maximum Gasteiger partial charge on any atom is 0.185 e. The summed E-state index contributed by atoms with van der Waals surface area (Å²) >= 11 is 6.00. The highest BCUT2D eigenvalue weighted by molar-refractivity contribution is 6.30. The molecule has 0 radical (unpaired) electrons. The third-order valence-corrected chi connectivity index (χ3v) is 3.68. The van der Waals surface area contributed by atoms with E-state index in [0.29, 0.717) is 22.2 Å². The summed E-state index contributed by atoms with van der Waals surface area (Å²) in [5, 5.41) is 0.612. The Hall–Kier alpha value is -2.79. The lowest BCUT2D eigenvalue weighted by Gasteiger charge is -2.05. The largest absolute Gasteiger partial charge is 0.495 e. The molecule has 0 spiro atoms. The molecule has 0 saturated heterocycles. The molecule has 0 fully saturated rings. The number of benzene rings is 1. The molecule has 0 atom stereocenters. The Kier molecular flexibility index (Phi) is 4.82. The van der Waals surface area contributed by atoms with Crippen molar-refractivity contribution in [3.63, 3.8) is 0 Å². The summed E-state index contributed by atoms with van der Waals surface area (Å²) in [6.07, 6.45) is 4.80. The number of pyridine rings is 1. The summed E-state index contributed by atoms with van der Waals surface area (Å²) in [7, 11) is 1.56. The van der Waals surface area contributed by atoms with Crippen LogP contribution in [0.5, 0.6) is 5.75 Å². The molecule has 0 aliphatic heterocycles. The van der Waals surface area contributed by atoms with Crippen molar-refractivity contribution >= 4 is 17.4 Å². The van der Waals surface area contributed by atoms with Gasteiger partial charge in [0, 0.05) is 23.2 Å². The molecule has 2 heterocycles. The average molecular weight is 340 g/mol. The fourth-order valence-corrected chi connectivity index (χ4v) is 2.45. The minimum atomic E-state index is -0.115. The van der Waals surface area contributed by atoms with E-state index in [4.69, 9.17) is 16.3 Å². The fourth-order valence-electron chi connectivity index (χ4n) is 2.26. The number of ether oxygens (including phenoxy) is 1. The maximum absolute atomic E-state index is 12.5. The average Bonchev–Trinajstić information content (AvgIpc) is 2.62. The van der Waals surface area contributed by atoms with Crippen LogP contribution in [0.15, 0.2) is 55.1 Å². The molecule has 0 aliphatic rings. The van der Waals surface area contributed by atoms with Crippen LogP contribution in [0, 0.1) is 0 Å². The molecule has 5 nitrogen and oxygen atoms in total. The van der Waals surface area contributed by atoms with Gasteiger partial charge in [-0.05, 0) is 29.8 Å². The van der Waals surface area contributed by atoms with Crippen molar-refractivity contribution in [3.05, 3.63) is 71.4 Å². The van der Waals surface area contributed by atoms with Crippen molar-refractivity contribution in [2.45, 2.75) is 6.42 Å². The second kappa shape index (κ2) is 7.19. The first-order valence-electron chi connectivity index (χ1n) is 7.25. The summed E-state index contributed by atoms with van der Waals surface area (Å²) in [6, 6.07) is 10.8. The number of ketones is 1.